The number of hydrogen-bond acceptors (Lipinski definition) is 2. The van der Waals surface area contributed by atoms with Crippen molar-refractivity contribution in [3.8, 4) is 0 Å². The van der Waals surface area contributed by atoms with E-state index in [2.05, 4.69) is 10.6 Å². The summed E-state index contributed by atoms with van der Waals surface area (Å²) in [4.78, 5) is 23.4. The van der Waals surface area contributed by atoms with Gasteiger partial charge in [0, 0.05) is 5.54 Å². The first-order valence-corrected chi connectivity index (χ1v) is 6.81. The van der Waals surface area contributed by atoms with Gasteiger partial charge >= 0.3 is 0 Å². The van der Waals surface area contributed by atoms with Gasteiger partial charge in [-0.05, 0) is 51.3 Å². The molecule has 1 aromatic carbocycles. The SMILES string of the molecule is Cc1ccc(CC(=O)NCC(=O)NC(C)(C)C)cc1C. The highest BCUT2D eigenvalue weighted by Crippen LogP contribution is 2.10. The third-order valence-electron chi connectivity index (χ3n) is 2.90. The summed E-state index contributed by atoms with van der Waals surface area (Å²) in [5.74, 6) is -0.316. The fourth-order valence-corrected chi connectivity index (χ4v) is 1.80. The van der Waals surface area contributed by atoms with Crippen molar-refractivity contribution in [1.82, 2.24) is 10.6 Å². The first-order chi connectivity index (χ1) is 9.17. The number of carbonyl (C=O) groups is 2. The van der Waals surface area contributed by atoms with Gasteiger partial charge in [0.15, 0.2) is 0 Å². The Kier molecular flexibility index (Phi) is 5.31. The van der Waals surface area contributed by atoms with Gasteiger partial charge in [-0.2, -0.15) is 0 Å². The fourth-order valence-electron chi connectivity index (χ4n) is 1.80. The molecule has 0 aromatic heterocycles. The van der Waals surface area contributed by atoms with Gasteiger partial charge in [0.1, 0.15) is 0 Å². The van der Waals surface area contributed by atoms with Gasteiger partial charge in [-0.25, -0.2) is 0 Å². The van der Waals surface area contributed by atoms with Crippen LogP contribution in [0.5, 0.6) is 0 Å². The van der Waals surface area contributed by atoms with E-state index in [1.807, 2.05) is 52.8 Å². The second-order valence-electron chi connectivity index (χ2n) is 6.17. The van der Waals surface area contributed by atoms with E-state index in [4.69, 9.17) is 0 Å². The van der Waals surface area contributed by atoms with E-state index in [1.54, 1.807) is 0 Å². The first kappa shape index (κ1) is 16.2. The lowest BCUT2D eigenvalue weighted by Gasteiger charge is -2.20. The molecule has 2 N–H and O–H groups in total. The molecule has 0 aliphatic rings. The van der Waals surface area contributed by atoms with Crippen molar-refractivity contribution in [3.05, 3.63) is 34.9 Å². The van der Waals surface area contributed by atoms with Crippen LogP contribution in [0.1, 0.15) is 37.5 Å². The zero-order valence-electron chi connectivity index (χ0n) is 13.0. The topological polar surface area (TPSA) is 58.2 Å². The van der Waals surface area contributed by atoms with Crippen LogP contribution in [0.4, 0.5) is 0 Å². The average Bonchev–Trinajstić information content (AvgIpc) is 2.29. The van der Waals surface area contributed by atoms with Crippen molar-refractivity contribution in [2.45, 2.75) is 46.6 Å². The Hall–Kier alpha value is -1.84. The van der Waals surface area contributed by atoms with Crippen LogP contribution in [0.15, 0.2) is 18.2 Å². The van der Waals surface area contributed by atoms with Gasteiger partial charge in [-0.15, -0.1) is 0 Å². The third-order valence-corrected chi connectivity index (χ3v) is 2.90. The molecule has 0 saturated heterocycles. The molecule has 4 heteroatoms. The Morgan fingerprint density at radius 2 is 1.70 bits per heavy atom. The van der Waals surface area contributed by atoms with Crippen LogP contribution in [0.3, 0.4) is 0 Å². The quantitative estimate of drug-likeness (QED) is 0.882. The molecule has 0 aliphatic heterocycles. The Morgan fingerprint density at radius 3 is 2.25 bits per heavy atom. The van der Waals surface area contributed by atoms with Crippen molar-refractivity contribution in [3.63, 3.8) is 0 Å². The molecule has 0 unspecified atom stereocenters. The van der Waals surface area contributed by atoms with Crippen molar-refractivity contribution >= 4 is 11.8 Å². The number of hydrogen-bond donors (Lipinski definition) is 2. The molecule has 0 radical (unpaired) electrons. The van der Waals surface area contributed by atoms with Crippen LogP contribution in [0.2, 0.25) is 0 Å². The minimum absolute atomic E-state index is 0.0148. The van der Waals surface area contributed by atoms with Crippen LogP contribution in [-0.2, 0) is 16.0 Å². The fraction of sp³-hybridized carbons (Fsp3) is 0.500. The Labute approximate surface area is 121 Å². The van der Waals surface area contributed by atoms with Crippen LogP contribution in [0, 0.1) is 13.8 Å². The van der Waals surface area contributed by atoms with Crippen LogP contribution >= 0.6 is 0 Å². The zero-order valence-corrected chi connectivity index (χ0v) is 13.0. The second-order valence-corrected chi connectivity index (χ2v) is 6.17. The van der Waals surface area contributed by atoms with Gasteiger partial charge in [-0.1, -0.05) is 18.2 Å². The van der Waals surface area contributed by atoms with E-state index in [9.17, 15) is 9.59 Å². The predicted molar refractivity (Wildman–Crippen MR) is 80.5 cm³/mol. The van der Waals surface area contributed by atoms with Gasteiger partial charge in [0.2, 0.25) is 11.8 Å². The molecule has 0 spiro atoms. The molecule has 1 aromatic rings. The average molecular weight is 276 g/mol. The van der Waals surface area contributed by atoms with Gasteiger partial charge in [-0.3, -0.25) is 9.59 Å². The highest BCUT2D eigenvalue weighted by molar-refractivity contribution is 5.86. The largest absolute Gasteiger partial charge is 0.350 e. The van der Waals surface area contributed by atoms with E-state index < -0.39 is 0 Å². The van der Waals surface area contributed by atoms with Crippen molar-refractivity contribution in [2.75, 3.05) is 6.54 Å². The van der Waals surface area contributed by atoms with Gasteiger partial charge in [0.25, 0.3) is 0 Å². The van der Waals surface area contributed by atoms with Gasteiger partial charge < -0.3 is 10.6 Å². The minimum atomic E-state index is -0.282. The smallest absolute Gasteiger partial charge is 0.239 e. The molecule has 110 valence electrons. The lowest BCUT2D eigenvalue weighted by molar-refractivity contribution is -0.126. The molecule has 0 fully saturated rings. The lowest BCUT2D eigenvalue weighted by Crippen LogP contribution is -2.46. The summed E-state index contributed by atoms with van der Waals surface area (Å²) in [5, 5.41) is 5.44. The number of aryl methyl sites for hydroxylation is 2. The van der Waals surface area contributed by atoms with E-state index in [0.29, 0.717) is 6.42 Å². The Bertz CT molecular complexity index is 502. The summed E-state index contributed by atoms with van der Waals surface area (Å²) in [6.45, 7) is 9.79. The number of amides is 2. The van der Waals surface area contributed by atoms with E-state index in [0.717, 1.165) is 5.56 Å². The molecule has 0 atom stereocenters. The molecule has 1 rings (SSSR count). The summed E-state index contributed by atoms with van der Waals surface area (Å²) >= 11 is 0. The molecule has 0 bridgehead atoms. The number of rotatable bonds is 4. The third kappa shape index (κ3) is 5.87. The number of carbonyl (C=O) groups excluding carboxylic acids is 2. The molecule has 2 amide bonds. The maximum absolute atomic E-state index is 11.8. The highest BCUT2D eigenvalue weighted by atomic mass is 16.2. The molecule has 0 saturated carbocycles. The monoisotopic (exact) mass is 276 g/mol. The molecular formula is C16H24N2O2. The van der Waals surface area contributed by atoms with Crippen LogP contribution in [0.25, 0.3) is 0 Å². The first-order valence-electron chi connectivity index (χ1n) is 6.81. The molecule has 0 aliphatic carbocycles. The van der Waals surface area contributed by atoms with Crippen molar-refractivity contribution < 1.29 is 9.59 Å². The minimum Gasteiger partial charge on any atom is -0.350 e. The molecule has 4 nitrogen and oxygen atoms in total. The molecule has 0 heterocycles. The predicted octanol–water partition coefficient (Wildman–Crippen LogP) is 1.88. The maximum Gasteiger partial charge on any atom is 0.239 e. The summed E-state index contributed by atoms with van der Waals surface area (Å²) in [6.07, 6.45) is 0.296. The van der Waals surface area contributed by atoms with E-state index in [1.165, 1.54) is 11.1 Å². The van der Waals surface area contributed by atoms with E-state index in [-0.39, 0.29) is 23.9 Å². The Morgan fingerprint density at radius 1 is 1.05 bits per heavy atom. The highest BCUT2D eigenvalue weighted by Gasteiger charge is 2.14. The summed E-state index contributed by atoms with van der Waals surface area (Å²) in [6, 6.07) is 5.95. The summed E-state index contributed by atoms with van der Waals surface area (Å²) in [5.41, 5.74) is 3.05. The van der Waals surface area contributed by atoms with Gasteiger partial charge in [0.05, 0.1) is 13.0 Å². The van der Waals surface area contributed by atoms with Crippen LogP contribution < -0.4 is 10.6 Å². The van der Waals surface area contributed by atoms with Crippen LogP contribution in [-0.4, -0.2) is 23.9 Å². The summed E-state index contributed by atoms with van der Waals surface area (Å²) < 4.78 is 0. The Balaban J connectivity index is 2.44. The van der Waals surface area contributed by atoms with Crippen molar-refractivity contribution in [2.24, 2.45) is 0 Å². The standard InChI is InChI=1S/C16H24N2O2/c1-11-6-7-13(8-12(11)2)9-14(19)17-10-15(20)18-16(3,4)5/h6-8H,9-10H2,1-5H3,(H,17,19)(H,18,20). The molecular weight excluding hydrogens is 252 g/mol. The zero-order chi connectivity index (χ0) is 15.3. The van der Waals surface area contributed by atoms with E-state index >= 15 is 0 Å². The number of benzene rings is 1. The second kappa shape index (κ2) is 6.55. The lowest BCUT2D eigenvalue weighted by atomic mass is 10.0. The van der Waals surface area contributed by atoms with Crippen molar-refractivity contribution in [1.29, 1.82) is 0 Å². The molecule has 20 heavy (non-hydrogen) atoms. The maximum atomic E-state index is 11.8. The number of nitrogens with one attached hydrogen (secondary N) is 2. The summed E-state index contributed by atoms with van der Waals surface area (Å²) in [7, 11) is 0. The normalized spacial score (nSPS) is 11.1.